The Hall–Kier alpha value is -1.13. The van der Waals surface area contributed by atoms with Crippen molar-refractivity contribution >= 4 is 0 Å². The van der Waals surface area contributed by atoms with Crippen LogP contribution in [0.1, 0.15) is 18.4 Å². The van der Waals surface area contributed by atoms with Gasteiger partial charge in [-0.05, 0) is 36.5 Å². The minimum Gasteiger partial charge on any atom is -0.494 e. The highest BCUT2D eigenvalue weighted by Gasteiger charge is 2.43. The van der Waals surface area contributed by atoms with E-state index in [4.69, 9.17) is 9.47 Å². The van der Waals surface area contributed by atoms with E-state index in [1.807, 2.05) is 0 Å². The Balaban J connectivity index is 2.13. The molecule has 1 N–H and O–H groups in total. The second-order valence-corrected chi connectivity index (χ2v) is 4.96. The van der Waals surface area contributed by atoms with Crippen LogP contribution in [0.25, 0.3) is 0 Å². The number of rotatable bonds is 6. The van der Waals surface area contributed by atoms with Crippen LogP contribution in [0.3, 0.4) is 0 Å². The largest absolute Gasteiger partial charge is 0.494 e. The second-order valence-electron chi connectivity index (χ2n) is 4.96. The molecule has 1 aliphatic carbocycles. The summed E-state index contributed by atoms with van der Waals surface area (Å²) in [6.45, 7) is 0.283. The molecule has 4 heteroatoms. The zero-order valence-electron chi connectivity index (χ0n) is 10.8. The highest BCUT2D eigenvalue weighted by atomic mass is 19.1. The third-order valence-corrected chi connectivity index (χ3v) is 3.46. The SMILES string of the molecule is COCC(O)(Cc1ccc(OC)c(F)c1)C1CC1. The quantitative estimate of drug-likeness (QED) is 0.845. The number of benzene rings is 1. The first-order valence-corrected chi connectivity index (χ1v) is 6.13. The minimum atomic E-state index is -0.879. The van der Waals surface area contributed by atoms with Crippen molar-refractivity contribution in [3.63, 3.8) is 0 Å². The minimum absolute atomic E-state index is 0.223. The normalized spacial score (nSPS) is 18.4. The standard InChI is InChI=1S/C14H19FO3/c1-17-9-14(16,11-4-5-11)8-10-3-6-13(18-2)12(15)7-10/h3,6-7,11,16H,4-5,8-9H2,1-2H3. The molecule has 0 aliphatic heterocycles. The van der Waals surface area contributed by atoms with E-state index in [1.165, 1.54) is 13.2 Å². The Kier molecular flexibility index (Phi) is 3.88. The second kappa shape index (κ2) is 5.24. The number of hydrogen-bond donors (Lipinski definition) is 1. The molecule has 0 radical (unpaired) electrons. The maximum absolute atomic E-state index is 13.6. The van der Waals surface area contributed by atoms with Crippen LogP contribution in [0.4, 0.5) is 4.39 Å². The predicted octanol–water partition coefficient (Wildman–Crippen LogP) is 2.16. The van der Waals surface area contributed by atoms with Crippen molar-refractivity contribution in [3.8, 4) is 5.75 Å². The molecule has 1 aromatic carbocycles. The van der Waals surface area contributed by atoms with E-state index in [9.17, 15) is 9.50 Å². The molecule has 0 saturated heterocycles. The summed E-state index contributed by atoms with van der Waals surface area (Å²) >= 11 is 0. The van der Waals surface area contributed by atoms with Gasteiger partial charge in [-0.25, -0.2) is 4.39 Å². The van der Waals surface area contributed by atoms with E-state index in [0.717, 1.165) is 18.4 Å². The number of ether oxygens (including phenoxy) is 2. The van der Waals surface area contributed by atoms with Gasteiger partial charge < -0.3 is 14.6 Å². The van der Waals surface area contributed by atoms with Gasteiger partial charge in [0.15, 0.2) is 11.6 Å². The van der Waals surface area contributed by atoms with Crippen molar-refractivity contribution < 1.29 is 19.0 Å². The summed E-state index contributed by atoms with van der Waals surface area (Å²) in [6, 6.07) is 4.79. The molecule has 0 heterocycles. The summed E-state index contributed by atoms with van der Waals surface area (Å²) in [6.07, 6.45) is 2.43. The molecule has 3 nitrogen and oxygen atoms in total. The maximum Gasteiger partial charge on any atom is 0.165 e. The maximum atomic E-state index is 13.6. The molecule has 1 atom stereocenters. The molecular weight excluding hydrogens is 235 g/mol. The molecule has 2 rings (SSSR count). The zero-order chi connectivity index (χ0) is 13.2. The van der Waals surface area contributed by atoms with Crippen molar-refractivity contribution in [2.75, 3.05) is 20.8 Å². The molecule has 1 aliphatic rings. The van der Waals surface area contributed by atoms with E-state index in [0.29, 0.717) is 6.42 Å². The van der Waals surface area contributed by atoms with Gasteiger partial charge in [0.2, 0.25) is 0 Å². The van der Waals surface area contributed by atoms with Crippen molar-refractivity contribution in [1.29, 1.82) is 0 Å². The molecule has 0 spiro atoms. The van der Waals surface area contributed by atoms with E-state index in [1.54, 1.807) is 19.2 Å². The molecule has 0 bridgehead atoms. The van der Waals surface area contributed by atoms with Gasteiger partial charge in [-0.1, -0.05) is 6.07 Å². The number of hydrogen-bond acceptors (Lipinski definition) is 3. The van der Waals surface area contributed by atoms with Crippen LogP contribution in [0.2, 0.25) is 0 Å². The van der Waals surface area contributed by atoms with Gasteiger partial charge in [0.05, 0.1) is 19.3 Å². The summed E-state index contributed by atoms with van der Waals surface area (Å²) in [5.41, 5.74) is -0.116. The zero-order valence-corrected chi connectivity index (χ0v) is 10.8. The molecule has 0 amide bonds. The third-order valence-electron chi connectivity index (χ3n) is 3.46. The Bertz CT molecular complexity index is 418. The lowest BCUT2D eigenvalue weighted by atomic mass is 9.90. The fourth-order valence-corrected chi connectivity index (χ4v) is 2.36. The first kappa shape index (κ1) is 13.3. The van der Waals surface area contributed by atoms with E-state index < -0.39 is 11.4 Å². The Morgan fingerprint density at radius 1 is 1.39 bits per heavy atom. The van der Waals surface area contributed by atoms with Crippen LogP contribution in [-0.2, 0) is 11.2 Å². The summed E-state index contributed by atoms with van der Waals surface area (Å²) in [5, 5.41) is 10.5. The average Bonchev–Trinajstić information content (AvgIpc) is 3.13. The molecule has 0 aromatic heterocycles. The van der Waals surface area contributed by atoms with Crippen LogP contribution in [-0.4, -0.2) is 31.5 Å². The number of halogens is 1. The lowest BCUT2D eigenvalue weighted by Gasteiger charge is -2.27. The smallest absolute Gasteiger partial charge is 0.165 e. The fraction of sp³-hybridized carbons (Fsp3) is 0.571. The Labute approximate surface area is 107 Å². The van der Waals surface area contributed by atoms with Gasteiger partial charge >= 0.3 is 0 Å². The lowest BCUT2D eigenvalue weighted by molar-refractivity contribution is -0.0474. The van der Waals surface area contributed by atoms with Crippen molar-refractivity contribution in [1.82, 2.24) is 0 Å². The molecule has 1 fully saturated rings. The summed E-state index contributed by atoms with van der Waals surface area (Å²) in [4.78, 5) is 0. The summed E-state index contributed by atoms with van der Waals surface area (Å²) in [5.74, 6) is 0.0913. The monoisotopic (exact) mass is 254 g/mol. The van der Waals surface area contributed by atoms with Gasteiger partial charge in [-0.15, -0.1) is 0 Å². The topological polar surface area (TPSA) is 38.7 Å². The highest BCUT2D eigenvalue weighted by Crippen LogP contribution is 2.41. The van der Waals surface area contributed by atoms with Gasteiger partial charge in [0.25, 0.3) is 0 Å². The number of aliphatic hydroxyl groups is 1. The number of methoxy groups -OCH3 is 2. The first-order chi connectivity index (χ1) is 8.59. The molecule has 1 aromatic rings. The van der Waals surface area contributed by atoms with Crippen LogP contribution in [0.15, 0.2) is 18.2 Å². The molecule has 1 unspecified atom stereocenters. The molecule has 1 saturated carbocycles. The average molecular weight is 254 g/mol. The van der Waals surface area contributed by atoms with Crippen LogP contribution in [0, 0.1) is 11.7 Å². The van der Waals surface area contributed by atoms with Gasteiger partial charge in [-0.2, -0.15) is 0 Å². The molecular formula is C14H19FO3. The lowest BCUT2D eigenvalue weighted by Crippen LogP contribution is -2.39. The first-order valence-electron chi connectivity index (χ1n) is 6.13. The summed E-state index contributed by atoms with van der Waals surface area (Å²) < 4.78 is 23.6. The van der Waals surface area contributed by atoms with Gasteiger partial charge in [0, 0.05) is 13.5 Å². The van der Waals surface area contributed by atoms with Gasteiger partial charge in [0.1, 0.15) is 0 Å². The highest BCUT2D eigenvalue weighted by molar-refractivity contribution is 5.30. The Morgan fingerprint density at radius 3 is 2.61 bits per heavy atom. The summed E-state index contributed by atoms with van der Waals surface area (Å²) in [7, 11) is 3.01. The van der Waals surface area contributed by atoms with Crippen molar-refractivity contribution in [3.05, 3.63) is 29.6 Å². The predicted molar refractivity (Wildman–Crippen MR) is 66.2 cm³/mol. The molecule has 18 heavy (non-hydrogen) atoms. The van der Waals surface area contributed by atoms with E-state index >= 15 is 0 Å². The van der Waals surface area contributed by atoms with Crippen LogP contribution >= 0.6 is 0 Å². The third kappa shape index (κ3) is 2.82. The fourth-order valence-electron chi connectivity index (χ4n) is 2.36. The van der Waals surface area contributed by atoms with E-state index in [-0.39, 0.29) is 18.3 Å². The van der Waals surface area contributed by atoms with Crippen molar-refractivity contribution in [2.45, 2.75) is 24.9 Å². The van der Waals surface area contributed by atoms with Crippen LogP contribution in [0.5, 0.6) is 5.75 Å². The molecule has 100 valence electrons. The van der Waals surface area contributed by atoms with Crippen molar-refractivity contribution in [2.24, 2.45) is 5.92 Å². The Morgan fingerprint density at radius 2 is 2.11 bits per heavy atom. The van der Waals surface area contributed by atoms with Crippen LogP contribution < -0.4 is 4.74 Å². The van der Waals surface area contributed by atoms with Gasteiger partial charge in [-0.3, -0.25) is 0 Å². The van der Waals surface area contributed by atoms with E-state index in [2.05, 4.69) is 0 Å².